The van der Waals surface area contributed by atoms with Crippen LogP contribution in [0.25, 0.3) is 0 Å². The first-order valence-electron chi connectivity index (χ1n) is 6.28. The Bertz CT molecular complexity index is 349. The van der Waals surface area contributed by atoms with Crippen molar-refractivity contribution in [1.29, 1.82) is 0 Å². The van der Waals surface area contributed by atoms with Gasteiger partial charge in [-0.15, -0.1) is 0 Å². The number of rotatable bonds is 5. The molecule has 1 aromatic rings. The maximum Gasteiger partial charge on any atom is 0.129 e. The Labute approximate surface area is 97.9 Å². The highest BCUT2D eigenvalue weighted by Gasteiger charge is 2.37. The van der Waals surface area contributed by atoms with Gasteiger partial charge in [0, 0.05) is 6.42 Å². The lowest BCUT2D eigenvalue weighted by Gasteiger charge is -2.43. The first-order chi connectivity index (χ1) is 7.73. The Hall–Kier alpha value is -1.11. The second-order valence-corrected chi connectivity index (χ2v) is 5.06. The number of hydrogen-bond acceptors (Lipinski definition) is 1. The van der Waals surface area contributed by atoms with Crippen molar-refractivity contribution in [2.75, 3.05) is 0 Å². The van der Waals surface area contributed by atoms with Crippen molar-refractivity contribution >= 4 is 5.78 Å². The van der Waals surface area contributed by atoms with Crippen molar-refractivity contribution < 1.29 is 4.79 Å². The second kappa shape index (κ2) is 4.82. The van der Waals surface area contributed by atoms with Crippen molar-refractivity contribution in [2.45, 2.75) is 50.9 Å². The van der Waals surface area contributed by atoms with E-state index in [1.807, 2.05) is 0 Å². The van der Waals surface area contributed by atoms with E-state index in [2.05, 4.69) is 30.3 Å². The summed E-state index contributed by atoms with van der Waals surface area (Å²) in [5.74, 6) is 0.322. The summed E-state index contributed by atoms with van der Waals surface area (Å²) in [7, 11) is 0. The molecule has 0 atom stereocenters. The van der Waals surface area contributed by atoms with Crippen LogP contribution in [0.1, 0.15) is 51.0 Å². The van der Waals surface area contributed by atoms with Crippen LogP contribution in [0.3, 0.4) is 0 Å². The average Bonchev–Trinajstić information content (AvgIpc) is 2.23. The molecule has 0 aliphatic heterocycles. The van der Waals surface area contributed by atoms with E-state index in [0.29, 0.717) is 11.2 Å². The second-order valence-electron chi connectivity index (χ2n) is 5.06. The molecule has 0 saturated heterocycles. The number of carbonyl (C=O) groups excluding carboxylic acids is 1. The van der Waals surface area contributed by atoms with E-state index in [4.69, 9.17) is 0 Å². The van der Waals surface area contributed by atoms with Gasteiger partial charge in [-0.05, 0) is 43.6 Å². The van der Waals surface area contributed by atoms with Crippen LogP contribution in [0.5, 0.6) is 0 Å². The molecular weight excluding hydrogens is 196 g/mol. The molecule has 1 aliphatic carbocycles. The van der Waals surface area contributed by atoms with Crippen molar-refractivity contribution in [1.82, 2.24) is 0 Å². The van der Waals surface area contributed by atoms with Gasteiger partial charge in [0.15, 0.2) is 0 Å². The van der Waals surface area contributed by atoms with Crippen LogP contribution in [-0.2, 0) is 10.2 Å². The van der Waals surface area contributed by atoms with Gasteiger partial charge in [-0.1, -0.05) is 36.8 Å². The molecule has 0 unspecified atom stereocenters. The van der Waals surface area contributed by atoms with Gasteiger partial charge >= 0.3 is 0 Å². The molecule has 1 aromatic carbocycles. The van der Waals surface area contributed by atoms with E-state index in [9.17, 15) is 4.79 Å². The minimum absolute atomic E-state index is 0.322. The normalized spacial score (nSPS) is 17.8. The van der Waals surface area contributed by atoms with E-state index in [-0.39, 0.29) is 0 Å². The van der Waals surface area contributed by atoms with E-state index < -0.39 is 0 Å². The molecule has 2 rings (SSSR count). The summed E-state index contributed by atoms with van der Waals surface area (Å²) in [5, 5.41) is 0. The highest BCUT2D eigenvalue weighted by Crippen LogP contribution is 2.47. The Morgan fingerprint density at radius 2 is 1.94 bits per heavy atom. The highest BCUT2D eigenvalue weighted by atomic mass is 16.1. The number of carbonyl (C=O) groups is 1. The number of benzene rings is 1. The predicted octanol–water partition coefficient (Wildman–Crippen LogP) is 3.87. The first-order valence-corrected chi connectivity index (χ1v) is 6.28. The third-order valence-corrected chi connectivity index (χ3v) is 3.88. The Kier molecular flexibility index (Phi) is 3.42. The predicted molar refractivity (Wildman–Crippen MR) is 66.5 cm³/mol. The number of Topliss-reactive ketones (excluding diaryl/α,β-unsaturated/α-hetero) is 1. The van der Waals surface area contributed by atoms with Crippen LogP contribution in [-0.4, -0.2) is 5.78 Å². The molecule has 0 amide bonds. The molecule has 16 heavy (non-hydrogen) atoms. The zero-order chi connectivity index (χ0) is 11.4. The van der Waals surface area contributed by atoms with E-state index in [1.165, 1.54) is 31.2 Å². The fraction of sp³-hybridized carbons (Fsp3) is 0.533. The summed E-state index contributed by atoms with van der Waals surface area (Å²) in [5.41, 5.74) is 1.88. The molecule has 0 aromatic heterocycles. The topological polar surface area (TPSA) is 17.1 Å². The van der Waals surface area contributed by atoms with Gasteiger partial charge in [-0.25, -0.2) is 0 Å². The molecule has 1 fully saturated rings. The fourth-order valence-corrected chi connectivity index (χ4v) is 2.75. The summed E-state index contributed by atoms with van der Waals surface area (Å²) in [6.45, 7) is 1.69. The molecule has 0 N–H and O–H groups in total. The summed E-state index contributed by atoms with van der Waals surface area (Å²) in [6, 6.07) is 10.8. The lowest BCUT2D eigenvalue weighted by atomic mass is 9.62. The Morgan fingerprint density at radius 1 is 1.25 bits per heavy atom. The number of ketones is 1. The third-order valence-electron chi connectivity index (χ3n) is 3.88. The monoisotopic (exact) mass is 216 g/mol. The smallest absolute Gasteiger partial charge is 0.129 e. The van der Waals surface area contributed by atoms with Crippen LogP contribution in [0, 0.1) is 0 Å². The summed E-state index contributed by atoms with van der Waals surface area (Å²) < 4.78 is 0. The van der Waals surface area contributed by atoms with Crippen LogP contribution in [0.15, 0.2) is 30.3 Å². The molecule has 0 radical (unpaired) electrons. The van der Waals surface area contributed by atoms with Gasteiger partial charge in [-0.3, -0.25) is 0 Å². The van der Waals surface area contributed by atoms with Crippen molar-refractivity contribution in [3.8, 4) is 0 Å². The average molecular weight is 216 g/mol. The Morgan fingerprint density at radius 3 is 2.44 bits per heavy atom. The van der Waals surface area contributed by atoms with Gasteiger partial charge in [-0.2, -0.15) is 0 Å². The van der Waals surface area contributed by atoms with Crippen LogP contribution >= 0.6 is 0 Å². The van der Waals surface area contributed by atoms with Gasteiger partial charge in [0.1, 0.15) is 5.78 Å². The Balaban J connectivity index is 2.00. The maximum absolute atomic E-state index is 11.0. The molecule has 0 spiro atoms. The molecule has 1 saturated carbocycles. The number of hydrogen-bond donors (Lipinski definition) is 0. The van der Waals surface area contributed by atoms with Crippen LogP contribution in [0.2, 0.25) is 0 Å². The van der Waals surface area contributed by atoms with E-state index >= 15 is 0 Å². The van der Waals surface area contributed by atoms with Gasteiger partial charge in [0.05, 0.1) is 0 Å². The SMILES string of the molecule is CC(=O)CCCC1(c2ccccc2)CCC1. The van der Waals surface area contributed by atoms with Gasteiger partial charge in [0.25, 0.3) is 0 Å². The van der Waals surface area contributed by atoms with Crippen LogP contribution < -0.4 is 0 Å². The molecular formula is C15H20O. The zero-order valence-electron chi connectivity index (χ0n) is 10.0. The summed E-state index contributed by atoms with van der Waals surface area (Å²) in [6.07, 6.45) is 6.91. The molecule has 86 valence electrons. The van der Waals surface area contributed by atoms with E-state index in [0.717, 1.165) is 12.8 Å². The summed E-state index contributed by atoms with van der Waals surface area (Å²) in [4.78, 5) is 11.0. The molecule has 1 nitrogen and oxygen atoms in total. The lowest BCUT2D eigenvalue weighted by molar-refractivity contribution is -0.117. The highest BCUT2D eigenvalue weighted by molar-refractivity contribution is 5.75. The minimum Gasteiger partial charge on any atom is -0.300 e. The van der Waals surface area contributed by atoms with Gasteiger partial charge in [0.2, 0.25) is 0 Å². The minimum atomic E-state index is 0.322. The first kappa shape index (κ1) is 11.4. The van der Waals surface area contributed by atoms with Crippen molar-refractivity contribution in [3.05, 3.63) is 35.9 Å². The maximum atomic E-state index is 11.0. The van der Waals surface area contributed by atoms with Crippen molar-refractivity contribution in [3.63, 3.8) is 0 Å². The fourth-order valence-electron chi connectivity index (χ4n) is 2.75. The molecule has 1 heteroatoms. The summed E-state index contributed by atoms with van der Waals surface area (Å²) >= 11 is 0. The lowest BCUT2D eigenvalue weighted by Crippen LogP contribution is -2.34. The molecule has 0 bridgehead atoms. The quantitative estimate of drug-likeness (QED) is 0.730. The third kappa shape index (κ3) is 2.34. The molecule has 1 aliphatic rings. The largest absolute Gasteiger partial charge is 0.300 e. The van der Waals surface area contributed by atoms with Gasteiger partial charge < -0.3 is 4.79 Å². The van der Waals surface area contributed by atoms with Crippen molar-refractivity contribution in [2.24, 2.45) is 0 Å². The zero-order valence-corrected chi connectivity index (χ0v) is 10.0. The molecule has 0 heterocycles. The standard InChI is InChI=1S/C15H20O/c1-13(16)7-5-10-15(11-6-12-15)14-8-3-2-4-9-14/h2-4,8-9H,5-7,10-12H2,1H3. The van der Waals surface area contributed by atoms with Crippen LogP contribution in [0.4, 0.5) is 0 Å². The van der Waals surface area contributed by atoms with E-state index in [1.54, 1.807) is 6.92 Å².